The van der Waals surface area contributed by atoms with E-state index in [0.29, 0.717) is 16.5 Å². The number of fused-ring (bicyclic) bond motifs is 2. The molecule has 0 unspecified atom stereocenters. The van der Waals surface area contributed by atoms with E-state index in [0.717, 1.165) is 10.8 Å². The SMILES string of the molecule is COc1ccc2cc(O)c(C(=O)N/N=C/c3c(O)c(O)cc4ccccc34)cc2c1. The third kappa shape index (κ3) is 3.44. The van der Waals surface area contributed by atoms with Gasteiger partial charge in [0.1, 0.15) is 11.5 Å². The summed E-state index contributed by atoms with van der Waals surface area (Å²) in [6.07, 6.45) is 1.25. The first kappa shape index (κ1) is 19.1. The molecule has 7 heteroatoms. The molecule has 0 aliphatic rings. The van der Waals surface area contributed by atoms with Crippen molar-refractivity contribution in [3.63, 3.8) is 0 Å². The maximum Gasteiger partial charge on any atom is 0.275 e. The van der Waals surface area contributed by atoms with Gasteiger partial charge in [-0.15, -0.1) is 0 Å². The normalized spacial score (nSPS) is 11.2. The van der Waals surface area contributed by atoms with Crippen molar-refractivity contribution in [2.45, 2.75) is 0 Å². The zero-order chi connectivity index (χ0) is 21.3. The molecule has 0 atom stereocenters. The number of nitrogens with zero attached hydrogens (tertiary/aromatic N) is 1. The van der Waals surface area contributed by atoms with E-state index < -0.39 is 5.91 Å². The van der Waals surface area contributed by atoms with Gasteiger partial charge in [-0.2, -0.15) is 5.10 Å². The van der Waals surface area contributed by atoms with Crippen molar-refractivity contribution in [2.75, 3.05) is 7.11 Å². The Morgan fingerprint density at radius 2 is 1.70 bits per heavy atom. The molecule has 7 nitrogen and oxygen atoms in total. The molecule has 0 saturated carbocycles. The highest BCUT2D eigenvalue weighted by Crippen LogP contribution is 2.34. The molecule has 0 aromatic heterocycles. The lowest BCUT2D eigenvalue weighted by Crippen LogP contribution is -2.17. The second-order valence-corrected chi connectivity index (χ2v) is 6.66. The summed E-state index contributed by atoms with van der Waals surface area (Å²) in [6.45, 7) is 0. The van der Waals surface area contributed by atoms with Crippen LogP contribution in [0.25, 0.3) is 21.5 Å². The number of amides is 1. The van der Waals surface area contributed by atoms with Crippen molar-refractivity contribution in [1.82, 2.24) is 5.43 Å². The smallest absolute Gasteiger partial charge is 0.275 e. The highest BCUT2D eigenvalue weighted by Gasteiger charge is 2.14. The molecule has 4 N–H and O–H groups in total. The molecule has 4 aromatic carbocycles. The molecule has 150 valence electrons. The lowest BCUT2D eigenvalue weighted by Gasteiger charge is -2.08. The molecule has 0 radical (unpaired) electrons. The Kier molecular flexibility index (Phi) is 4.85. The van der Waals surface area contributed by atoms with Crippen LogP contribution in [0.2, 0.25) is 0 Å². The molecular weight excluding hydrogens is 384 g/mol. The third-order valence-corrected chi connectivity index (χ3v) is 4.81. The predicted octanol–water partition coefficient (Wildman–Crippen LogP) is 3.88. The molecule has 0 fully saturated rings. The van der Waals surface area contributed by atoms with Crippen LogP contribution in [-0.4, -0.2) is 34.6 Å². The molecule has 1 amide bonds. The van der Waals surface area contributed by atoms with Crippen molar-refractivity contribution in [3.8, 4) is 23.0 Å². The first-order valence-corrected chi connectivity index (χ1v) is 9.06. The minimum atomic E-state index is -0.627. The van der Waals surface area contributed by atoms with Gasteiger partial charge >= 0.3 is 0 Å². The summed E-state index contributed by atoms with van der Waals surface area (Å²) in [5.74, 6) is -0.817. The Bertz CT molecular complexity index is 1310. The standard InChI is InChI=1S/C23H18N2O5/c1-30-16-7-6-13-10-20(26)18(9-15(13)8-16)23(29)25-24-12-19-17-5-3-2-4-14(17)11-21(27)22(19)28/h2-12,26-28H,1H3,(H,25,29)/b24-12+. The van der Waals surface area contributed by atoms with Gasteiger partial charge in [-0.1, -0.05) is 30.3 Å². The Morgan fingerprint density at radius 3 is 2.50 bits per heavy atom. The van der Waals surface area contributed by atoms with Gasteiger partial charge in [0.2, 0.25) is 0 Å². The quantitative estimate of drug-likeness (QED) is 0.235. The van der Waals surface area contributed by atoms with Crippen LogP contribution in [0.15, 0.2) is 65.8 Å². The maximum atomic E-state index is 12.5. The number of aromatic hydroxyl groups is 3. The van der Waals surface area contributed by atoms with E-state index in [-0.39, 0.29) is 28.4 Å². The number of phenols is 3. The van der Waals surface area contributed by atoms with Gasteiger partial charge in [0, 0.05) is 5.56 Å². The number of rotatable bonds is 4. The summed E-state index contributed by atoms with van der Waals surface area (Å²) in [5.41, 5.74) is 2.64. The molecule has 4 rings (SSSR count). The Hall–Kier alpha value is -4.26. The van der Waals surface area contributed by atoms with Crippen LogP contribution in [0, 0.1) is 0 Å². The van der Waals surface area contributed by atoms with Crippen LogP contribution < -0.4 is 10.2 Å². The van der Waals surface area contributed by atoms with Gasteiger partial charge in [0.05, 0.1) is 18.9 Å². The molecule has 0 spiro atoms. The largest absolute Gasteiger partial charge is 0.507 e. The van der Waals surface area contributed by atoms with Crippen molar-refractivity contribution in [3.05, 3.63) is 71.8 Å². The number of carbonyl (C=O) groups is 1. The molecular formula is C23H18N2O5. The van der Waals surface area contributed by atoms with Crippen molar-refractivity contribution in [1.29, 1.82) is 0 Å². The van der Waals surface area contributed by atoms with Crippen LogP contribution in [0.1, 0.15) is 15.9 Å². The van der Waals surface area contributed by atoms with Gasteiger partial charge in [-0.25, -0.2) is 5.43 Å². The number of hydrogen-bond donors (Lipinski definition) is 4. The molecule has 30 heavy (non-hydrogen) atoms. The molecule has 0 bridgehead atoms. The van der Waals surface area contributed by atoms with E-state index in [4.69, 9.17) is 4.74 Å². The first-order valence-electron chi connectivity index (χ1n) is 9.06. The van der Waals surface area contributed by atoms with Crippen LogP contribution >= 0.6 is 0 Å². The van der Waals surface area contributed by atoms with Crippen LogP contribution in [0.4, 0.5) is 0 Å². The topological polar surface area (TPSA) is 111 Å². The molecule has 4 aromatic rings. The number of carbonyl (C=O) groups excluding carboxylic acids is 1. The van der Waals surface area contributed by atoms with E-state index in [2.05, 4.69) is 10.5 Å². The van der Waals surface area contributed by atoms with Crippen molar-refractivity contribution >= 4 is 33.7 Å². The Labute approximate surface area is 171 Å². The van der Waals surface area contributed by atoms with E-state index in [1.54, 1.807) is 55.6 Å². The van der Waals surface area contributed by atoms with E-state index in [9.17, 15) is 20.1 Å². The minimum absolute atomic E-state index is 0.0397. The van der Waals surface area contributed by atoms with Gasteiger partial charge < -0.3 is 20.1 Å². The first-order chi connectivity index (χ1) is 14.5. The molecule has 0 aliphatic carbocycles. The lowest BCUT2D eigenvalue weighted by atomic mass is 10.0. The van der Waals surface area contributed by atoms with Gasteiger partial charge in [0.25, 0.3) is 5.91 Å². The van der Waals surface area contributed by atoms with Crippen LogP contribution in [0.5, 0.6) is 23.0 Å². The zero-order valence-corrected chi connectivity index (χ0v) is 16.0. The second kappa shape index (κ2) is 7.63. The highest BCUT2D eigenvalue weighted by atomic mass is 16.5. The van der Waals surface area contributed by atoms with Gasteiger partial charge in [-0.05, 0) is 51.9 Å². The summed E-state index contributed by atoms with van der Waals surface area (Å²) >= 11 is 0. The average molecular weight is 402 g/mol. The summed E-state index contributed by atoms with van der Waals surface area (Å²) in [4.78, 5) is 12.5. The maximum absolute atomic E-state index is 12.5. The minimum Gasteiger partial charge on any atom is -0.507 e. The van der Waals surface area contributed by atoms with Gasteiger partial charge in [-0.3, -0.25) is 4.79 Å². The Morgan fingerprint density at radius 1 is 0.933 bits per heavy atom. The number of benzene rings is 4. The third-order valence-electron chi connectivity index (χ3n) is 4.81. The monoisotopic (exact) mass is 402 g/mol. The number of hydrogen-bond acceptors (Lipinski definition) is 6. The fraction of sp³-hybridized carbons (Fsp3) is 0.0435. The van der Waals surface area contributed by atoms with E-state index in [1.165, 1.54) is 18.3 Å². The highest BCUT2D eigenvalue weighted by molar-refractivity contribution is 6.05. The van der Waals surface area contributed by atoms with E-state index >= 15 is 0 Å². The molecule has 0 aliphatic heterocycles. The predicted molar refractivity (Wildman–Crippen MR) is 115 cm³/mol. The number of phenolic OH excluding ortho intramolecular Hbond substituents is 3. The van der Waals surface area contributed by atoms with Crippen LogP contribution in [-0.2, 0) is 0 Å². The molecule has 0 heterocycles. The number of nitrogens with one attached hydrogen (secondary N) is 1. The summed E-state index contributed by atoms with van der Waals surface area (Å²) in [7, 11) is 1.55. The fourth-order valence-electron chi connectivity index (χ4n) is 3.27. The number of methoxy groups -OCH3 is 1. The Balaban J connectivity index is 1.64. The summed E-state index contributed by atoms with van der Waals surface area (Å²) in [5, 5.41) is 37.1. The van der Waals surface area contributed by atoms with Crippen molar-refractivity contribution in [2.24, 2.45) is 5.10 Å². The van der Waals surface area contributed by atoms with E-state index in [1.807, 2.05) is 0 Å². The summed E-state index contributed by atoms with van der Waals surface area (Å²) < 4.78 is 5.19. The number of ether oxygens (including phenoxy) is 1. The second-order valence-electron chi connectivity index (χ2n) is 6.66. The van der Waals surface area contributed by atoms with Crippen LogP contribution in [0.3, 0.4) is 0 Å². The molecule has 0 saturated heterocycles. The fourth-order valence-corrected chi connectivity index (χ4v) is 3.27. The lowest BCUT2D eigenvalue weighted by molar-refractivity contribution is 0.0952. The number of hydrazone groups is 1. The van der Waals surface area contributed by atoms with Gasteiger partial charge in [0.15, 0.2) is 11.5 Å². The zero-order valence-electron chi connectivity index (χ0n) is 16.0. The summed E-state index contributed by atoms with van der Waals surface area (Å²) in [6, 6.07) is 16.9. The average Bonchev–Trinajstić information content (AvgIpc) is 2.75. The van der Waals surface area contributed by atoms with Crippen molar-refractivity contribution < 1.29 is 24.9 Å².